The molecule has 1 heterocycles. The minimum absolute atomic E-state index is 0.0432. The fourth-order valence-corrected chi connectivity index (χ4v) is 1.64. The lowest BCUT2D eigenvalue weighted by molar-refractivity contribution is -0.384. The Kier molecular flexibility index (Phi) is 4.25. The third kappa shape index (κ3) is 3.30. The van der Waals surface area contributed by atoms with Gasteiger partial charge in [-0.15, -0.1) is 0 Å². The van der Waals surface area contributed by atoms with Crippen LogP contribution in [0.4, 0.5) is 17.3 Å². The molecular weight excluding hydrogens is 220 g/mol. The summed E-state index contributed by atoms with van der Waals surface area (Å²) < 4.78 is 0. The van der Waals surface area contributed by atoms with Crippen molar-refractivity contribution >= 4 is 17.3 Å². The Morgan fingerprint density at radius 3 is 2.65 bits per heavy atom. The number of hydrogen-bond acceptors (Lipinski definition) is 5. The molecule has 0 aromatic carbocycles. The Balaban J connectivity index is 3.03. The number of anilines is 2. The zero-order chi connectivity index (χ0) is 13.0. The summed E-state index contributed by atoms with van der Waals surface area (Å²) in [7, 11) is 0. The van der Waals surface area contributed by atoms with Gasteiger partial charge >= 0.3 is 5.69 Å². The molecule has 1 atom stereocenters. The first-order valence-corrected chi connectivity index (χ1v) is 5.63. The van der Waals surface area contributed by atoms with E-state index in [1.165, 1.54) is 12.1 Å². The van der Waals surface area contributed by atoms with Crippen LogP contribution in [0.5, 0.6) is 0 Å². The molecule has 3 N–H and O–H groups in total. The predicted octanol–water partition coefficient (Wildman–Crippen LogP) is 2.42. The molecule has 0 radical (unpaired) electrons. The van der Waals surface area contributed by atoms with E-state index < -0.39 is 4.92 Å². The molecule has 0 amide bonds. The standard InChI is InChI=1S/C11H18N4O2/c1-4-8(7(2)3)13-11-9(15(16)17)5-6-10(12)14-11/h5-8H,4H2,1-3H3,(H3,12,13,14). The van der Waals surface area contributed by atoms with E-state index in [4.69, 9.17) is 5.73 Å². The summed E-state index contributed by atoms with van der Waals surface area (Å²) >= 11 is 0. The highest BCUT2D eigenvalue weighted by molar-refractivity contribution is 5.59. The lowest BCUT2D eigenvalue weighted by Gasteiger charge is -2.21. The Labute approximate surface area is 100 Å². The maximum absolute atomic E-state index is 10.9. The molecule has 1 aromatic heterocycles. The maximum atomic E-state index is 10.9. The van der Waals surface area contributed by atoms with Crippen LogP contribution in [0, 0.1) is 16.0 Å². The highest BCUT2D eigenvalue weighted by atomic mass is 16.6. The van der Waals surface area contributed by atoms with Crippen LogP contribution >= 0.6 is 0 Å². The summed E-state index contributed by atoms with van der Waals surface area (Å²) in [4.78, 5) is 14.4. The molecular formula is C11H18N4O2. The summed E-state index contributed by atoms with van der Waals surface area (Å²) in [5.74, 6) is 0.884. The van der Waals surface area contributed by atoms with Gasteiger partial charge in [0.25, 0.3) is 0 Å². The second kappa shape index (κ2) is 5.47. The summed E-state index contributed by atoms with van der Waals surface area (Å²) in [6.07, 6.45) is 0.866. The first-order chi connectivity index (χ1) is 7.95. The molecule has 0 bridgehead atoms. The van der Waals surface area contributed by atoms with E-state index >= 15 is 0 Å². The van der Waals surface area contributed by atoms with E-state index in [2.05, 4.69) is 24.1 Å². The Morgan fingerprint density at radius 2 is 2.18 bits per heavy atom. The van der Waals surface area contributed by atoms with E-state index in [9.17, 15) is 10.1 Å². The number of nitrogens with zero attached hydrogens (tertiary/aromatic N) is 2. The Bertz CT molecular complexity index is 406. The molecule has 6 heteroatoms. The fourth-order valence-electron chi connectivity index (χ4n) is 1.64. The number of hydrogen-bond donors (Lipinski definition) is 2. The lowest BCUT2D eigenvalue weighted by Crippen LogP contribution is -2.25. The van der Waals surface area contributed by atoms with Crippen molar-refractivity contribution in [3.05, 3.63) is 22.2 Å². The van der Waals surface area contributed by atoms with Crippen molar-refractivity contribution in [1.82, 2.24) is 4.98 Å². The predicted molar refractivity (Wildman–Crippen MR) is 67.8 cm³/mol. The van der Waals surface area contributed by atoms with Gasteiger partial charge in [-0.1, -0.05) is 20.8 Å². The third-order valence-electron chi connectivity index (χ3n) is 2.66. The van der Waals surface area contributed by atoms with E-state index in [1.54, 1.807) is 0 Å². The van der Waals surface area contributed by atoms with Gasteiger partial charge in [-0.2, -0.15) is 0 Å². The molecule has 1 rings (SSSR count). The Hall–Kier alpha value is -1.85. The highest BCUT2D eigenvalue weighted by Crippen LogP contribution is 2.25. The van der Waals surface area contributed by atoms with Gasteiger partial charge in [-0.25, -0.2) is 4.98 Å². The van der Waals surface area contributed by atoms with Gasteiger partial charge in [0.2, 0.25) is 5.82 Å². The average Bonchev–Trinajstić information content (AvgIpc) is 2.25. The molecule has 0 saturated carbocycles. The number of nitrogens with one attached hydrogen (secondary N) is 1. The molecule has 0 saturated heterocycles. The van der Waals surface area contributed by atoms with Crippen LogP contribution in [0.1, 0.15) is 27.2 Å². The number of nitrogen functional groups attached to an aromatic ring is 1. The van der Waals surface area contributed by atoms with Crippen LogP contribution in [0.25, 0.3) is 0 Å². The Morgan fingerprint density at radius 1 is 1.53 bits per heavy atom. The summed E-state index contributed by atoms with van der Waals surface area (Å²) in [6, 6.07) is 2.94. The fraction of sp³-hybridized carbons (Fsp3) is 0.545. The second-order valence-electron chi connectivity index (χ2n) is 4.26. The van der Waals surface area contributed by atoms with Crippen LogP contribution < -0.4 is 11.1 Å². The molecule has 0 aliphatic heterocycles. The van der Waals surface area contributed by atoms with Crippen LogP contribution in [0.2, 0.25) is 0 Å². The van der Waals surface area contributed by atoms with Crippen molar-refractivity contribution in [1.29, 1.82) is 0 Å². The van der Waals surface area contributed by atoms with E-state index in [1.807, 2.05) is 6.92 Å². The van der Waals surface area contributed by atoms with Gasteiger partial charge in [-0.05, 0) is 18.4 Å². The van der Waals surface area contributed by atoms with Crippen molar-refractivity contribution in [2.45, 2.75) is 33.2 Å². The van der Waals surface area contributed by atoms with Gasteiger partial charge in [0.1, 0.15) is 5.82 Å². The van der Waals surface area contributed by atoms with Gasteiger partial charge in [0.05, 0.1) is 4.92 Å². The number of rotatable bonds is 5. The summed E-state index contributed by atoms with van der Waals surface area (Å²) in [5.41, 5.74) is 5.50. The first kappa shape index (κ1) is 13.2. The minimum Gasteiger partial charge on any atom is -0.384 e. The minimum atomic E-state index is -0.457. The van der Waals surface area contributed by atoms with Crippen LogP contribution in [-0.2, 0) is 0 Å². The van der Waals surface area contributed by atoms with Gasteiger partial charge in [0.15, 0.2) is 0 Å². The van der Waals surface area contributed by atoms with Gasteiger partial charge in [0, 0.05) is 12.1 Å². The molecule has 0 fully saturated rings. The average molecular weight is 238 g/mol. The maximum Gasteiger partial charge on any atom is 0.311 e. The van der Waals surface area contributed by atoms with Crippen molar-refractivity contribution in [2.75, 3.05) is 11.1 Å². The van der Waals surface area contributed by atoms with Crippen molar-refractivity contribution in [3.63, 3.8) is 0 Å². The molecule has 17 heavy (non-hydrogen) atoms. The number of nitrogens with two attached hydrogens (primary N) is 1. The molecule has 1 aromatic rings. The van der Waals surface area contributed by atoms with E-state index in [-0.39, 0.29) is 23.4 Å². The van der Waals surface area contributed by atoms with Crippen LogP contribution in [-0.4, -0.2) is 15.9 Å². The topological polar surface area (TPSA) is 94.1 Å². The molecule has 1 unspecified atom stereocenters. The van der Waals surface area contributed by atoms with Crippen LogP contribution in [0.15, 0.2) is 12.1 Å². The molecule has 0 aliphatic rings. The van der Waals surface area contributed by atoms with Crippen LogP contribution in [0.3, 0.4) is 0 Å². The smallest absolute Gasteiger partial charge is 0.311 e. The second-order valence-corrected chi connectivity index (χ2v) is 4.26. The molecule has 94 valence electrons. The van der Waals surface area contributed by atoms with Gasteiger partial charge < -0.3 is 11.1 Å². The zero-order valence-corrected chi connectivity index (χ0v) is 10.3. The normalized spacial score (nSPS) is 12.5. The molecule has 0 spiro atoms. The summed E-state index contributed by atoms with van der Waals surface area (Å²) in [6.45, 7) is 6.13. The summed E-state index contributed by atoms with van der Waals surface area (Å²) in [5, 5.41) is 13.9. The first-order valence-electron chi connectivity index (χ1n) is 5.63. The van der Waals surface area contributed by atoms with E-state index in [0.29, 0.717) is 5.92 Å². The monoisotopic (exact) mass is 238 g/mol. The number of aromatic nitrogens is 1. The molecule has 6 nitrogen and oxygen atoms in total. The number of nitro groups is 1. The largest absolute Gasteiger partial charge is 0.384 e. The quantitative estimate of drug-likeness (QED) is 0.606. The van der Waals surface area contributed by atoms with Crippen molar-refractivity contribution < 1.29 is 4.92 Å². The zero-order valence-electron chi connectivity index (χ0n) is 10.3. The SMILES string of the molecule is CCC(Nc1nc(N)ccc1[N+](=O)[O-])C(C)C. The van der Waals surface area contributed by atoms with Gasteiger partial charge in [-0.3, -0.25) is 10.1 Å². The van der Waals surface area contributed by atoms with Crippen molar-refractivity contribution in [3.8, 4) is 0 Å². The lowest BCUT2D eigenvalue weighted by atomic mass is 10.0. The third-order valence-corrected chi connectivity index (χ3v) is 2.66. The van der Waals surface area contributed by atoms with E-state index in [0.717, 1.165) is 6.42 Å². The molecule has 0 aliphatic carbocycles. The number of pyridine rings is 1. The highest BCUT2D eigenvalue weighted by Gasteiger charge is 2.19. The van der Waals surface area contributed by atoms with Crippen molar-refractivity contribution in [2.24, 2.45) is 5.92 Å².